The molecule has 1 heterocycles. The first-order valence-corrected chi connectivity index (χ1v) is 8.37. The minimum absolute atomic E-state index is 0.443. The Bertz CT molecular complexity index is 383. The van der Waals surface area contributed by atoms with E-state index in [2.05, 4.69) is 40.2 Å². The second-order valence-corrected chi connectivity index (χ2v) is 6.63. The predicted molar refractivity (Wildman–Crippen MR) is 83.1 cm³/mol. The van der Waals surface area contributed by atoms with Crippen molar-refractivity contribution in [1.82, 2.24) is 15.1 Å². The van der Waals surface area contributed by atoms with Gasteiger partial charge in [-0.25, -0.2) is 0 Å². The van der Waals surface area contributed by atoms with Crippen LogP contribution in [0, 0.1) is 11.8 Å². The van der Waals surface area contributed by atoms with Gasteiger partial charge in [-0.05, 0) is 53.6 Å². The van der Waals surface area contributed by atoms with E-state index in [0.29, 0.717) is 6.04 Å². The fourth-order valence-electron chi connectivity index (χ4n) is 3.34. The zero-order chi connectivity index (χ0) is 13.8. The van der Waals surface area contributed by atoms with Crippen LogP contribution in [0.5, 0.6) is 0 Å². The Morgan fingerprint density at radius 3 is 2.79 bits per heavy atom. The van der Waals surface area contributed by atoms with Crippen LogP contribution >= 0.6 is 15.9 Å². The number of hydrogen-bond acceptors (Lipinski definition) is 2. The fourth-order valence-corrected chi connectivity index (χ4v) is 3.94. The summed E-state index contributed by atoms with van der Waals surface area (Å²) in [5.41, 5.74) is 1.32. The van der Waals surface area contributed by atoms with E-state index in [0.717, 1.165) is 22.9 Å². The van der Waals surface area contributed by atoms with Crippen molar-refractivity contribution in [2.75, 3.05) is 6.54 Å². The summed E-state index contributed by atoms with van der Waals surface area (Å²) in [5, 5.41) is 8.13. The van der Waals surface area contributed by atoms with Gasteiger partial charge in [0.2, 0.25) is 0 Å². The van der Waals surface area contributed by atoms with Gasteiger partial charge < -0.3 is 5.32 Å². The molecule has 1 N–H and O–H groups in total. The summed E-state index contributed by atoms with van der Waals surface area (Å²) in [6.07, 6.45) is 8.51. The molecule has 19 heavy (non-hydrogen) atoms. The molecule has 0 aromatic carbocycles. The lowest BCUT2D eigenvalue weighted by molar-refractivity contribution is 0.338. The molecule has 1 saturated carbocycles. The van der Waals surface area contributed by atoms with E-state index in [1.165, 1.54) is 37.8 Å². The maximum absolute atomic E-state index is 4.39. The van der Waals surface area contributed by atoms with E-state index in [9.17, 15) is 0 Å². The second kappa shape index (κ2) is 6.89. The van der Waals surface area contributed by atoms with Gasteiger partial charge in [0.1, 0.15) is 0 Å². The normalized spacial score (nSPS) is 24.8. The van der Waals surface area contributed by atoms with Crippen molar-refractivity contribution in [1.29, 1.82) is 0 Å². The Labute approximate surface area is 125 Å². The topological polar surface area (TPSA) is 29.9 Å². The van der Waals surface area contributed by atoms with Gasteiger partial charge in [-0.2, -0.15) is 5.10 Å². The average molecular weight is 328 g/mol. The second-order valence-electron chi connectivity index (χ2n) is 5.78. The number of nitrogens with zero attached hydrogens (tertiary/aromatic N) is 2. The van der Waals surface area contributed by atoms with Crippen molar-refractivity contribution in [3.63, 3.8) is 0 Å². The molecule has 0 bridgehead atoms. The van der Waals surface area contributed by atoms with Crippen molar-refractivity contribution in [3.8, 4) is 0 Å². The summed E-state index contributed by atoms with van der Waals surface area (Å²) >= 11 is 3.67. The first kappa shape index (κ1) is 15.0. The Balaban J connectivity index is 2.17. The Morgan fingerprint density at radius 1 is 1.47 bits per heavy atom. The quantitative estimate of drug-likeness (QED) is 0.854. The smallest absolute Gasteiger partial charge is 0.0695 e. The number of nitrogens with one attached hydrogen (secondary N) is 1. The zero-order valence-electron chi connectivity index (χ0n) is 12.3. The maximum Gasteiger partial charge on any atom is 0.0695 e. The summed E-state index contributed by atoms with van der Waals surface area (Å²) < 4.78 is 3.17. The summed E-state index contributed by atoms with van der Waals surface area (Å²) in [7, 11) is 2.05. The summed E-state index contributed by atoms with van der Waals surface area (Å²) in [5.74, 6) is 1.67. The van der Waals surface area contributed by atoms with Gasteiger partial charge in [-0.1, -0.05) is 26.7 Å². The van der Waals surface area contributed by atoms with E-state index in [1.54, 1.807) is 0 Å². The highest BCUT2D eigenvalue weighted by atomic mass is 79.9. The van der Waals surface area contributed by atoms with Crippen LogP contribution in [0.3, 0.4) is 0 Å². The highest BCUT2D eigenvalue weighted by molar-refractivity contribution is 9.10. The molecule has 0 saturated heterocycles. The molecule has 0 spiro atoms. The standard InChI is InChI=1S/C15H26BrN3/c1-4-8-17-14(12-7-6-11(5-2)9-12)15-13(16)10-18-19(15)3/h10-12,14,17H,4-9H2,1-3H3. The SMILES string of the molecule is CCCNC(c1c(Br)cnn1C)C1CCC(CC)C1. The van der Waals surface area contributed by atoms with Gasteiger partial charge in [-0.3, -0.25) is 4.68 Å². The largest absolute Gasteiger partial charge is 0.308 e. The Kier molecular flexibility index (Phi) is 5.46. The molecule has 1 aromatic rings. The Hall–Kier alpha value is -0.350. The Morgan fingerprint density at radius 2 is 2.26 bits per heavy atom. The van der Waals surface area contributed by atoms with Crippen LogP contribution in [0.25, 0.3) is 0 Å². The van der Waals surface area contributed by atoms with Crippen LogP contribution < -0.4 is 5.32 Å². The molecule has 0 amide bonds. The molecular formula is C15H26BrN3. The molecule has 1 aliphatic carbocycles. The van der Waals surface area contributed by atoms with Gasteiger partial charge in [0.15, 0.2) is 0 Å². The molecular weight excluding hydrogens is 302 g/mol. The number of rotatable bonds is 6. The minimum atomic E-state index is 0.443. The third-order valence-corrected chi connectivity index (χ3v) is 5.09. The highest BCUT2D eigenvalue weighted by Crippen LogP contribution is 2.41. The van der Waals surface area contributed by atoms with Crippen LogP contribution in [0.4, 0.5) is 0 Å². The maximum atomic E-state index is 4.39. The van der Waals surface area contributed by atoms with E-state index >= 15 is 0 Å². The first-order chi connectivity index (χ1) is 9.17. The van der Waals surface area contributed by atoms with Gasteiger partial charge in [0.05, 0.1) is 22.4 Å². The van der Waals surface area contributed by atoms with E-state index in [-0.39, 0.29) is 0 Å². The van der Waals surface area contributed by atoms with Gasteiger partial charge in [-0.15, -0.1) is 0 Å². The molecule has 1 fully saturated rings. The summed E-state index contributed by atoms with van der Waals surface area (Å²) in [6.45, 7) is 5.63. The number of hydrogen-bond donors (Lipinski definition) is 1. The summed E-state index contributed by atoms with van der Waals surface area (Å²) in [6, 6.07) is 0.443. The van der Waals surface area contributed by atoms with Gasteiger partial charge in [0.25, 0.3) is 0 Å². The van der Waals surface area contributed by atoms with Crippen molar-refractivity contribution in [2.45, 2.75) is 52.0 Å². The fraction of sp³-hybridized carbons (Fsp3) is 0.800. The van der Waals surface area contributed by atoms with E-state index in [4.69, 9.17) is 0 Å². The van der Waals surface area contributed by atoms with Crippen LogP contribution in [0.2, 0.25) is 0 Å². The monoisotopic (exact) mass is 327 g/mol. The molecule has 3 atom stereocenters. The average Bonchev–Trinajstić information content (AvgIpc) is 3.00. The molecule has 1 aromatic heterocycles. The third kappa shape index (κ3) is 3.40. The van der Waals surface area contributed by atoms with Crippen molar-refractivity contribution >= 4 is 15.9 Å². The molecule has 3 unspecified atom stereocenters. The first-order valence-electron chi connectivity index (χ1n) is 7.58. The molecule has 108 valence electrons. The minimum Gasteiger partial charge on any atom is -0.308 e. The number of aromatic nitrogens is 2. The van der Waals surface area contributed by atoms with Crippen LogP contribution in [-0.2, 0) is 7.05 Å². The molecule has 1 aliphatic rings. The predicted octanol–water partition coefficient (Wildman–Crippen LogP) is 4.05. The zero-order valence-corrected chi connectivity index (χ0v) is 13.9. The van der Waals surface area contributed by atoms with E-state index in [1.807, 2.05) is 17.9 Å². The highest BCUT2D eigenvalue weighted by Gasteiger charge is 2.33. The molecule has 2 rings (SSSR count). The van der Waals surface area contributed by atoms with Crippen molar-refractivity contribution < 1.29 is 0 Å². The molecule has 0 radical (unpaired) electrons. The lowest BCUT2D eigenvalue weighted by Crippen LogP contribution is -2.30. The summed E-state index contributed by atoms with van der Waals surface area (Å²) in [4.78, 5) is 0. The lowest BCUT2D eigenvalue weighted by Gasteiger charge is -2.26. The van der Waals surface area contributed by atoms with Crippen molar-refractivity contribution in [3.05, 3.63) is 16.4 Å². The third-order valence-electron chi connectivity index (χ3n) is 4.48. The molecule has 0 aliphatic heterocycles. The lowest BCUT2D eigenvalue weighted by atomic mass is 9.93. The van der Waals surface area contributed by atoms with Crippen LogP contribution in [-0.4, -0.2) is 16.3 Å². The van der Waals surface area contributed by atoms with Crippen molar-refractivity contribution in [2.24, 2.45) is 18.9 Å². The van der Waals surface area contributed by atoms with E-state index < -0.39 is 0 Å². The number of aryl methyl sites for hydroxylation is 1. The van der Waals surface area contributed by atoms with Crippen LogP contribution in [0.1, 0.15) is 57.7 Å². The number of halogens is 1. The van der Waals surface area contributed by atoms with Gasteiger partial charge in [0, 0.05) is 7.05 Å². The van der Waals surface area contributed by atoms with Crippen LogP contribution in [0.15, 0.2) is 10.7 Å². The molecule has 4 heteroatoms. The van der Waals surface area contributed by atoms with Gasteiger partial charge >= 0.3 is 0 Å². The molecule has 3 nitrogen and oxygen atoms in total.